The molecule has 3 aromatic heterocycles. The molecule has 1 amide bonds. The number of aryl methyl sites for hydroxylation is 2. The molecule has 154 valence electrons. The van der Waals surface area contributed by atoms with Gasteiger partial charge in [0.2, 0.25) is 0 Å². The van der Waals surface area contributed by atoms with Crippen LogP contribution in [0.5, 0.6) is 5.75 Å². The number of benzene rings is 1. The van der Waals surface area contributed by atoms with Gasteiger partial charge in [-0.15, -0.1) is 0 Å². The second-order valence-corrected chi connectivity index (χ2v) is 7.26. The number of nitrogens with one attached hydrogen (secondary N) is 1. The fraction of sp³-hybridized carbons (Fsp3) is 0.273. The van der Waals surface area contributed by atoms with Gasteiger partial charge in [-0.25, -0.2) is 4.98 Å². The molecule has 3 heterocycles. The molecule has 0 unspecified atom stereocenters. The summed E-state index contributed by atoms with van der Waals surface area (Å²) in [5.41, 5.74) is 4.75. The molecule has 0 aliphatic carbocycles. The molecular formula is C22H23N5O3. The number of fused-ring (bicyclic) bond motifs is 1. The molecule has 0 radical (unpaired) electrons. The van der Waals surface area contributed by atoms with Crippen LogP contribution in [0.3, 0.4) is 0 Å². The average Bonchev–Trinajstić information content (AvgIpc) is 3.30. The molecule has 8 heteroatoms. The molecular weight excluding hydrogens is 382 g/mol. The van der Waals surface area contributed by atoms with Crippen LogP contribution >= 0.6 is 0 Å². The fourth-order valence-corrected chi connectivity index (χ4v) is 3.51. The summed E-state index contributed by atoms with van der Waals surface area (Å²) >= 11 is 0. The Hall–Kier alpha value is -3.68. The first-order valence-corrected chi connectivity index (χ1v) is 9.60. The number of nitrogens with zero attached hydrogens (tertiary/aromatic N) is 4. The van der Waals surface area contributed by atoms with Crippen LogP contribution in [0, 0.1) is 13.8 Å². The van der Waals surface area contributed by atoms with Crippen LogP contribution in [0.15, 0.2) is 41.1 Å². The van der Waals surface area contributed by atoms with Crippen LogP contribution < -0.4 is 10.1 Å². The van der Waals surface area contributed by atoms with Gasteiger partial charge in [0.15, 0.2) is 0 Å². The van der Waals surface area contributed by atoms with Gasteiger partial charge in [0.25, 0.3) is 11.6 Å². The van der Waals surface area contributed by atoms with Gasteiger partial charge < -0.3 is 14.6 Å². The van der Waals surface area contributed by atoms with Crippen LogP contribution in [0.4, 0.5) is 0 Å². The third-order valence-electron chi connectivity index (χ3n) is 5.25. The van der Waals surface area contributed by atoms with Crippen LogP contribution in [-0.2, 0) is 7.05 Å². The molecule has 30 heavy (non-hydrogen) atoms. The van der Waals surface area contributed by atoms with Crippen LogP contribution in [-0.4, -0.2) is 32.9 Å². The van der Waals surface area contributed by atoms with E-state index in [0.717, 1.165) is 16.8 Å². The topological polar surface area (TPSA) is 95.1 Å². The van der Waals surface area contributed by atoms with Gasteiger partial charge in [-0.2, -0.15) is 5.10 Å². The lowest BCUT2D eigenvalue weighted by atomic mass is 10.0. The molecule has 0 aliphatic rings. The predicted octanol–water partition coefficient (Wildman–Crippen LogP) is 3.74. The number of ether oxygens (including phenoxy) is 1. The van der Waals surface area contributed by atoms with E-state index in [0.29, 0.717) is 33.8 Å². The Labute approximate surface area is 173 Å². The molecule has 0 spiro atoms. The lowest BCUT2D eigenvalue weighted by Crippen LogP contribution is -2.27. The SMILES string of the molecule is COc1cccc(-c2noc3nc(C)cc(C(=O)N[C@@H](C)c4cnn(C)c4C)c23)c1. The Kier molecular flexibility index (Phi) is 4.99. The zero-order valence-corrected chi connectivity index (χ0v) is 17.6. The maximum absolute atomic E-state index is 13.3. The molecule has 4 aromatic rings. The highest BCUT2D eigenvalue weighted by Crippen LogP contribution is 2.32. The third-order valence-corrected chi connectivity index (χ3v) is 5.25. The van der Waals surface area contributed by atoms with E-state index in [1.807, 2.05) is 52.1 Å². The summed E-state index contributed by atoms with van der Waals surface area (Å²) < 4.78 is 12.6. The van der Waals surface area contributed by atoms with E-state index in [2.05, 4.69) is 20.6 Å². The number of pyridine rings is 1. The van der Waals surface area contributed by atoms with Gasteiger partial charge in [0, 0.05) is 29.6 Å². The molecule has 0 bridgehead atoms. The van der Waals surface area contributed by atoms with Crippen molar-refractivity contribution < 1.29 is 14.1 Å². The number of carbonyl (C=O) groups is 1. The van der Waals surface area contributed by atoms with Crippen molar-refractivity contribution >= 4 is 17.0 Å². The quantitative estimate of drug-likeness (QED) is 0.543. The van der Waals surface area contributed by atoms with Crippen molar-refractivity contribution in [2.24, 2.45) is 7.05 Å². The van der Waals surface area contributed by atoms with E-state index in [1.165, 1.54) is 0 Å². The Morgan fingerprint density at radius 2 is 2.07 bits per heavy atom. The van der Waals surface area contributed by atoms with Crippen molar-refractivity contribution in [3.63, 3.8) is 0 Å². The summed E-state index contributed by atoms with van der Waals surface area (Å²) in [6.45, 7) is 5.73. The molecule has 0 fully saturated rings. The van der Waals surface area contributed by atoms with Gasteiger partial charge in [0.1, 0.15) is 11.4 Å². The zero-order valence-electron chi connectivity index (χ0n) is 17.6. The van der Waals surface area contributed by atoms with Crippen molar-refractivity contribution in [2.45, 2.75) is 26.8 Å². The van der Waals surface area contributed by atoms with Gasteiger partial charge in [-0.05, 0) is 39.0 Å². The van der Waals surface area contributed by atoms with E-state index in [9.17, 15) is 4.79 Å². The number of carbonyl (C=O) groups excluding carboxylic acids is 1. The van der Waals surface area contributed by atoms with E-state index >= 15 is 0 Å². The standard InChI is InChI=1S/C22H23N5O3/c1-12-9-17(21(28)25-13(2)18-11-23-27(4)14(18)3)19-20(26-30-22(19)24-12)15-7-6-8-16(10-15)29-5/h6-11,13H,1-5H3,(H,25,28)/t13-/m0/s1. The van der Waals surface area contributed by atoms with Crippen molar-refractivity contribution in [3.05, 3.63) is 59.0 Å². The lowest BCUT2D eigenvalue weighted by molar-refractivity contribution is 0.0941. The Morgan fingerprint density at radius 1 is 1.27 bits per heavy atom. The van der Waals surface area contributed by atoms with Crippen LogP contribution in [0.25, 0.3) is 22.4 Å². The molecule has 0 saturated carbocycles. The highest BCUT2D eigenvalue weighted by Gasteiger charge is 2.23. The van der Waals surface area contributed by atoms with Gasteiger partial charge in [-0.1, -0.05) is 17.3 Å². The minimum absolute atomic E-state index is 0.213. The molecule has 0 saturated heterocycles. The largest absolute Gasteiger partial charge is 0.497 e. The lowest BCUT2D eigenvalue weighted by Gasteiger charge is -2.14. The summed E-state index contributed by atoms with van der Waals surface area (Å²) in [6, 6.07) is 8.99. The number of aromatic nitrogens is 4. The Bertz CT molecular complexity index is 1240. The van der Waals surface area contributed by atoms with Crippen molar-refractivity contribution in [1.29, 1.82) is 0 Å². The van der Waals surface area contributed by atoms with Gasteiger partial charge in [-0.3, -0.25) is 9.48 Å². The summed E-state index contributed by atoms with van der Waals surface area (Å²) in [5, 5.41) is 12.1. The number of hydrogen-bond donors (Lipinski definition) is 1. The summed E-state index contributed by atoms with van der Waals surface area (Å²) in [5.74, 6) is 0.462. The summed E-state index contributed by atoms with van der Waals surface area (Å²) in [4.78, 5) is 17.7. The van der Waals surface area contributed by atoms with Crippen LogP contribution in [0.1, 0.15) is 40.3 Å². The number of amides is 1. The first-order chi connectivity index (χ1) is 14.4. The molecule has 1 aromatic carbocycles. The first kappa shape index (κ1) is 19.6. The number of hydrogen-bond acceptors (Lipinski definition) is 6. The molecule has 8 nitrogen and oxygen atoms in total. The van der Waals surface area contributed by atoms with Crippen molar-refractivity contribution in [2.75, 3.05) is 7.11 Å². The van der Waals surface area contributed by atoms with Crippen molar-refractivity contribution in [1.82, 2.24) is 25.2 Å². The van der Waals surface area contributed by atoms with E-state index < -0.39 is 0 Å². The minimum atomic E-state index is -0.228. The highest BCUT2D eigenvalue weighted by molar-refractivity contribution is 6.09. The van der Waals surface area contributed by atoms with Gasteiger partial charge >= 0.3 is 0 Å². The Morgan fingerprint density at radius 3 is 2.77 bits per heavy atom. The smallest absolute Gasteiger partial charge is 0.259 e. The minimum Gasteiger partial charge on any atom is -0.497 e. The Balaban J connectivity index is 1.77. The second kappa shape index (κ2) is 7.62. The van der Waals surface area contributed by atoms with Crippen LogP contribution in [0.2, 0.25) is 0 Å². The summed E-state index contributed by atoms with van der Waals surface area (Å²) in [7, 11) is 3.48. The molecule has 0 aliphatic heterocycles. The molecule has 4 rings (SSSR count). The number of rotatable bonds is 5. The predicted molar refractivity (Wildman–Crippen MR) is 112 cm³/mol. The monoisotopic (exact) mass is 405 g/mol. The zero-order chi connectivity index (χ0) is 21.4. The maximum atomic E-state index is 13.3. The average molecular weight is 405 g/mol. The van der Waals surface area contributed by atoms with Gasteiger partial charge in [0.05, 0.1) is 30.3 Å². The number of methoxy groups -OCH3 is 1. The normalized spacial score (nSPS) is 12.2. The second-order valence-electron chi connectivity index (χ2n) is 7.26. The fourth-order valence-electron chi connectivity index (χ4n) is 3.51. The van der Waals surface area contributed by atoms with Crippen molar-refractivity contribution in [3.8, 4) is 17.0 Å². The first-order valence-electron chi connectivity index (χ1n) is 9.60. The van der Waals surface area contributed by atoms with E-state index in [4.69, 9.17) is 9.26 Å². The maximum Gasteiger partial charge on any atom is 0.259 e. The third kappa shape index (κ3) is 3.41. The molecule has 1 N–H and O–H groups in total. The van der Waals surface area contributed by atoms with E-state index in [-0.39, 0.29) is 11.9 Å². The summed E-state index contributed by atoms with van der Waals surface area (Å²) in [6.07, 6.45) is 1.77. The van der Waals surface area contributed by atoms with E-state index in [1.54, 1.807) is 24.1 Å². The molecule has 1 atom stereocenters. The highest BCUT2D eigenvalue weighted by atomic mass is 16.5.